The summed E-state index contributed by atoms with van der Waals surface area (Å²) in [6.45, 7) is 9.51. The third-order valence-electron chi connectivity index (χ3n) is 10.3. The van der Waals surface area contributed by atoms with Crippen molar-refractivity contribution >= 4 is 11.6 Å². The Labute approximate surface area is 197 Å². The van der Waals surface area contributed by atoms with Crippen molar-refractivity contribution < 1.29 is 30.0 Å². The molecule has 6 nitrogen and oxygen atoms in total. The molecule has 0 aliphatic heterocycles. The summed E-state index contributed by atoms with van der Waals surface area (Å²) in [5.41, 5.74) is -2.22. The number of carbonyl (C=O) groups excluding carboxylic acids is 2. The molecule has 9 atom stereocenters. The van der Waals surface area contributed by atoms with E-state index in [-0.39, 0.29) is 41.7 Å². The maximum absolute atomic E-state index is 13.2. The molecule has 0 aromatic carbocycles. The summed E-state index contributed by atoms with van der Waals surface area (Å²) in [7, 11) is 0. The standard InChI is InChI=1S/C27H42O6/c1-15(20(28)8-9-24(2,3)32)16-7-11-27(33)18-12-21(29)19-13-22(30)23(31)14-25(19,4)17(18)6-10-26(16,27)5/h12,15-17,19,22-23,30-33H,6-11,13-14H2,1-5H3/t15-,16-,17+,19+,22-,23+,25-,26-,27-/m1/s1. The van der Waals surface area contributed by atoms with Crippen LogP contribution in [0.5, 0.6) is 0 Å². The molecular formula is C27H42O6. The monoisotopic (exact) mass is 462 g/mol. The Hall–Kier alpha value is -1.08. The molecule has 0 saturated heterocycles. The molecule has 3 saturated carbocycles. The molecule has 0 unspecified atom stereocenters. The molecular weight excluding hydrogens is 420 g/mol. The van der Waals surface area contributed by atoms with Crippen LogP contribution in [0.2, 0.25) is 0 Å². The molecule has 0 radical (unpaired) electrons. The van der Waals surface area contributed by atoms with Crippen molar-refractivity contribution in [3.63, 3.8) is 0 Å². The summed E-state index contributed by atoms with van der Waals surface area (Å²) < 4.78 is 0. The third-order valence-corrected chi connectivity index (χ3v) is 10.3. The molecule has 4 aliphatic carbocycles. The first kappa shape index (κ1) is 25.0. The fourth-order valence-electron chi connectivity index (χ4n) is 8.09. The summed E-state index contributed by atoms with van der Waals surface area (Å²) in [5.74, 6) is -0.488. The first-order valence-corrected chi connectivity index (χ1v) is 12.7. The Kier molecular flexibility index (Phi) is 6.05. The van der Waals surface area contributed by atoms with Crippen molar-refractivity contribution in [2.45, 2.75) is 109 Å². The van der Waals surface area contributed by atoms with Crippen molar-refractivity contribution in [2.75, 3.05) is 0 Å². The van der Waals surface area contributed by atoms with Gasteiger partial charge in [0.1, 0.15) is 5.78 Å². The molecule has 4 N–H and O–H groups in total. The zero-order valence-corrected chi connectivity index (χ0v) is 20.8. The van der Waals surface area contributed by atoms with Crippen LogP contribution in [0.25, 0.3) is 0 Å². The second-order valence-corrected chi connectivity index (χ2v) is 12.7. The highest BCUT2D eigenvalue weighted by molar-refractivity contribution is 5.95. The summed E-state index contributed by atoms with van der Waals surface area (Å²) in [4.78, 5) is 26.2. The van der Waals surface area contributed by atoms with Crippen LogP contribution in [0.15, 0.2) is 11.6 Å². The van der Waals surface area contributed by atoms with Gasteiger partial charge in [-0.25, -0.2) is 0 Å². The smallest absolute Gasteiger partial charge is 0.159 e. The van der Waals surface area contributed by atoms with E-state index < -0.39 is 34.2 Å². The lowest BCUT2D eigenvalue weighted by Gasteiger charge is -2.60. The molecule has 0 amide bonds. The van der Waals surface area contributed by atoms with Crippen LogP contribution in [0.1, 0.15) is 86.0 Å². The lowest BCUT2D eigenvalue weighted by molar-refractivity contribution is -0.154. The number of carbonyl (C=O) groups is 2. The summed E-state index contributed by atoms with van der Waals surface area (Å²) in [6, 6.07) is 0. The van der Waals surface area contributed by atoms with Crippen LogP contribution >= 0.6 is 0 Å². The first-order valence-electron chi connectivity index (χ1n) is 12.7. The van der Waals surface area contributed by atoms with Crippen molar-refractivity contribution in [1.82, 2.24) is 0 Å². The number of ketones is 2. The average molecular weight is 463 g/mol. The van der Waals surface area contributed by atoms with E-state index in [0.717, 1.165) is 24.8 Å². The Morgan fingerprint density at radius 2 is 1.82 bits per heavy atom. The number of fused-ring (bicyclic) bond motifs is 5. The zero-order valence-electron chi connectivity index (χ0n) is 20.8. The molecule has 0 aromatic rings. The van der Waals surface area contributed by atoms with Gasteiger partial charge in [-0.1, -0.05) is 20.8 Å². The minimum Gasteiger partial charge on any atom is -0.390 e. The number of Topliss-reactive ketones (excluding diaryl/α,β-unsaturated/α-hetero) is 1. The predicted octanol–water partition coefficient (Wildman–Crippen LogP) is 2.95. The number of aliphatic hydroxyl groups is 4. The molecule has 4 aliphatic rings. The number of hydrogen-bond donors (Lipinski definition) is 4. The molecule has 0 spiro atoms. The highest BCUT2D eigenvalue weighted by atomic mass is 16.3. The van der Waals surface area contributed by atoms with Gasteiger partial charge < -0.3 is 20.4 Å². The number of hydrogen-bond acceptors (Lipinski definition) is 6. The Bertz CT molecular complexity index is 857. The van der Waals surface area contributed by atoms with Crippen molar-refractivity contribution in [3.8, 4) is 0 Å². The van der Waals surface area contributed by atoms with Gasteiger partial charge in [-0.15, -0.1) is 0 Å². The van der Waals surface area contributed by atoms with Crippen LogP contribution in [0, 0.1) is 34.5 Å². The fourth-order valence-corrected chi connectivity index (χ4v) is 8.09. The summed E-state index contributed by atoms with van der Waals surface area (Å²) in [5, 5.41) is 42.9. The molecule has 3 fully saturated rings. The molecule has 186 valence electrons. The van der Waals surface area contributed by atoms with Crippen LogP contribution in [-0.4, -0.2) is 55.4 Å². The quantitative estimate of drug-likeness (QED) is 0.499. The largest absolute Gasteiger partial charge is 0.390 e. The summed E-state index contributed by atoms with van der Waals surface area (Å²) in [6.07, 6.45) is 4.08. The second kappa shape index (κ2) is 7.97. The van der Waals surface area contributed by atoms with E-state index in [1.807, 2.05) is 13.8 Å². The molecule has 4 rings (SSSR count). The second-order valence-electron chi connectivity index (χ2n) is 12.7. The van der Waals surface area contributed by atoms with Gasteiger partial charge in [-0.05, 0) is 87.7 Å². The van der Waals surface area contributed by atoms with Gasteiger partial charge in [-0.2, -0.15) is 0 Å². The van der Waals surface area contributed by atoms with Gasteiger partial charge in [0, 0.05) is 23.7 Å². The van der Waals surface area contributed by atoms with E-state index in [0.29, 0.717) is 25.7 Å². The van der Waals surface area contributed by atoms with Crippen LogP contribution in [0.4, 0.5) is 0 Å². The maximum atomic E-state index is 13.2. The Morgan fingerprint density at radius 1 is 1.15 bits per heavy atom. The lowest BCUT2D eigenvalue weighted by Crippen LogP contribution is -2.61. The molecule has 33 heavy (non-hydrogen) atoms. The van der Waals surface area contributed by atoms with Gasteiger partial charge in [0.05, 0.1) is 23.4 Å². The average Bonchev–Trinajstić information content (AvgIpc) is 2.99. The van der Waals surface area contributed by atoms with Crippen molar-refractivity contribution in [3.05, 3.63) is 11.6 Å². The van der Waals surface area contributed by atoms with E-state index in [2.05, 4.69) is 6.92 Å². The lowest BCUT2D eigenvalue weighted by atomic mass is 9.46. The van der Waals surface area contributed by atoms with Crippen LogP contribution < -0.4 is 0 Å². The van der Waals surface area contributed by atoms with Crippen molar-refractivity contribution in [1.29, 1.82) is 0 Å². The summed E-state index contributed by atoms with van der Waals surface area (Å²) >= 11 is 0. The number of rotatable bonds is 5. The van der Waals surface area contributed by atoms with Gasteiger partial charge in [-0.3, -0.25) is 9.59 Å². The maximum Gasteiger partial charge on any atom is 0.159 e. The Morgan fingerprint density at radius 3 is 2.45 bits per heavy atom. The highest BCUT2D eigenvalue weighted by Crippen LogP contribution is 2.68. The van der Waals surface area contributed by atoms with E-state index in [9.17, 15) is 30.0 Å². The van der Waals surface area contributed by atoms with Crippen molar-refractivity contribution in [2.24, 2.45) is 34.5 Å². The third kappa shape index (κ3) is 3.76. The topological polar surface area (TPSA) is 115 Å². The van der Waals surface area contributed by atoms with Gasteiger partial charge in [0.2, 0.25) is 0 Å². The first-order chi connectivity index (χ1) is 15.1. The van der Waals surface area contributed by atoms with Gasteiger partial charge in [0.15, 0.2) is 5.78 Å². The number of aliphatic hydroxyl groups excluding tert-OH is 2. The van der Waals surface area contributed by atoms with Gasteiger partial charge >= 0.3 is 0 Å². The SMILES string of the molecule is C[C@@H](C(=O)CCC(C)(C)O)[C@H]1CC[C@@]2(O)C3=CC(=O)[C@@H]4C[C@@H](O)[C@@H](O)C[C@]4(C)[C@H]3CC[C@]12C. The minimum absolute atomic E-state index is 0.0121. The van der Waals surface area contributed by atoms with E-state index >= 15 is 0 Å². The molecule has 0 heterocycles. The van der Waals surface area contributed by atoms with Gasteiger partial charge in [0.25, 0.3) is 0 Å². The fraction of sp³-hybridized carbons (Fsp3) is 0.852. The molecule has 0 aromatic heterocycles. The van der Waals surface area contributed by atoms with Crippen LogP contribution in [-0.2, 0) is 9.59 Å². The van der Waals surface area contributed by atoms with E-state index in [4.69, 9.17) is 0 Å². The predicted molar refractivity (Wildman–Crippen MR) is 124 cm³/mol. The Balaban J connectivity index is 1.63. The van der Waals surface area contributed by atoms with Crippen LogP contribution in [0.3, 0.4) is 0 Å². The minimum atomic E-state index is -1.14. The van der Waals surface area contributed by atoms with E-state index in [1.54, 1.807) is 19.9 Å². The molecule has 6 heteroatoms. The zero-order chi connectivity index (χ0) is 24.6. The molecule has 0 bridgehead atoms. The normalized spacial score (nSPS) is 46.2. The van der Waals surface area contributed by atoms with E-state index in [1.165, 1.54) is 0 Å². The highest BCUT2D eigenvalue weighted by Gasteiger charge is 2.67. The number of allylic oxidation sites excluding steroid dienone is 1.